The number of ketones is 3. The van der Waals surface area contributed by atoms with Crippen LogP contribution in [0.2, 0.25) is 0 Å². The number of nitrogens with two attached hydrogens (primary N) is 4. The molecule has 2 aromatic carbocycles. The molecule has 0 radical (unpaired) electrons. The Morgan fingerprint density at radius 1 is 0.664 bits per heavy atom. The van der Waals surface area contributed by atoms with E-state index < -0.39 is 260 Å². The van der Waals surface area contributed by atoms with Gasteiger partial charge in [-0.2, -0.15) is 0 Å². The number of guanidine groups is 1. The smallest absolute Gasteiger partial charge is 0.305 e. The minimum Gasteiger partial charge on any atom is -0.481 e. The number of nitrogens with zero attached hydrogens (tertiary/aromatic N) is 2. The molecule has 0 aliphatic carbocycles. The lowest BCUT2D eigenvalue weighted by Gasteiger charge is -2.28. The quantitative estimate of drug-likeness (QED) is 0.00935. The van der Waals surface area contributed by atoms with Crippen LogP contribution in [-0.2, 0) is 117 Å². The second-order valence-corrected chi connectivity index (χ2v) is 37.5. The highest BCUT2D eigenvalue weighted by molar-refractivity contribution is 8.76. The average Bonchev–Trinajstić information content (AvgIpc) is 1.61. The maximum Gasteiger partial charge on any atom is 0.305 e. The molecule has 13 amide bonds. The third kappa shape index (κ3) is 37.9. The number of fused-ring (bicyclic) bond motifs is 2. The molecule has 0 unspecified atom stereocenters. The number of Topliss-reactive ketones (excluding diaryl/α,β-unsaturated/α-hetero) is 3. The van der Waals surface area contributed by atoms with Gasteiger partial charge in [-0.1, -0.05) is 92.1 Å². The van der Waals surface area contributed by atoms with Crippen LogP contribution in [-0.4, -0.2) is 272 Å². The number of aliphatic hydroxyl groups excluding tert-OH is 1. The predicted octanol–water partition coefficient (Wildman–Crippen LogP) is -1.36. The van der Waals surface area contributed by atoms with Crippen molar-refractivity contribution in [1.29, 1.82) is 5.41 Å². The molecule has 26 N–H and O–H groups in total. The van der Waals surface area contributed by atoms with E-state index in [2.05, 4.69) is 84.1 Å². The monoisotopic (exact) mass is 1910 g/mol. The third-order valence-electron chi connectivity index (χ3n) is 22.6. The van der Waals surface area contributed by atoms with Crippen molar-refractivity contribution >= 4 is 149 Å². The standard InChI is InChI=1S/C89H134N22O21S2/c1-11-49(4)76(91)86(129)108-66-45-133-134-46-67(85(128)110-77(51(6)112)87(130)96-29-30-131-31-32-132-44-74(118)103-61(78(92)121)22-16-17-28-101-89(7,8)9)109-82(125)62(23-18-27-97-88(93)94)104-80(123)53(34-56-41-95-47-100-56)36-69(113)50(5)102-73(117)42-99-79(122)52(33-54-40-98-60-21-14-12-19-57(54)60)37-70(114)64(39-75(119)120)106-83(126)63(25-26-72(90)116)105-84(127)65(107-81(124)59(48(2)3)38-71(66)115)35-55-43-111(10)68-24-15-13-20-58(55)68/h12-15,19-21,24,40-41,43,47-53,59,61-67,76-77,98,101,112H,11,16-18,22-23,25-39,42,44-46,91H2,1-10H3,(H2,90,116)(H2,92,121)(H,95,100)(H,96,130)(H,99,122)(H,102,117)(H,103,118)(H,104,123)(H,105,127)(H,106,126)(H,107,124)(H,108,129)(H,109,125)(H,110,128)(H,119,120)(H4,93,94,97)/t49-,50-,51+,52+,53+,59-,61-,62-,63-,64-,65-,66-,67-,76-,77-/m0/s1. The molecule has 1 fully saturated rings. The number of primary amides is 2. The molecule has 1 aliphatic rings. The molecule has 4 heterocycles. The van der Waals surface area contributed by atoms with E-state index in [9.17, 15) is 67.7 Å². The van der Waals surface area contributed by atoms with Crippen LogP contribution in [0.5, 0.6) is 0 Å². The number of aryl methyl sites for hydroxylation is 1. The number of ether oxygens (including phenoxy) is 2. The molecule has 5 aromatic rings. The highest BCUT2D eigenvalue weighted by Gasteiger charge is 2.40. The number of H-pyrrole nitrogens is 2. The first-order chi connectivity index (χ1) is 63.4. The Balaban J connectivity index is 1.39. The van der Waals surface area contributed by atoms with E-state index in [-0.39, 0.29) is 76.3 Å². The second-order valence-electron chi connectivity index (χ2n) is 34.9. The van der Waals surface area contributed by atoms with Crippen molar-refractivity contribution in [3.8, 4) is 0 Å². The van der Waals surface area contributed by atoms with Gasteiger partial charge in [-0.25, -0.2) is 4.98 Å². The molecule has 0 saturated carbocycles. The minimum absolute atomic E-state index is 0.00284. The van der Waals surface area contributed by atoms with Crippen molar-refractivity contribution in [3.63, 3.8) is 0 Å². The van der Waals surface area contributed by atoms with Gasteiger partial charge in [-0.15, -0.1) is 0 Å². The number of unbranched alkanes of at least 4 members (excludes halogenated alkanes) is 1. The van der Waals surface area contributed by atoms with Gasteiger partial charge in [0.1, 0.15) is 42.9 Å². The van der Waals surface area contributed by atoms with Crippen LogP contribution in [0.3, 0.4) is 0 Å². The number of aliphatic carboxylic acids is 1. The van der Waals surface area contributed by atoms with Crippen LogP contribution >= 0.6 is 21.6 Å². The van der Waals surface area contributed by atoms with E-state index >= 15 is 24.0 Å². The van der Waals surface area contributed by atoms with E-state index in [1.54, 1.807) is 100 Å². The number of rotatable bonds is 39. The van der Waals surface area contributed by atoms with Gasteiger partial charge in [0, 0.05) is 134 Å². The van der Waals surface area contributed by atoms with E-state index in [4.69, 9.17) is 37.8 Å². The summed E-state index contributed by atoms with van der Waals surface area (Å²) in [5.74, 6) is -22.6. The number of carbonyl (C=O) groups is 17. The fourth-order valence-corrected chi connectivity index (χ4v) is 17.0. The van der Waals surface area contributed by atoms with Crippen LogP contribution < -0.4 is 92.1 Å². The summed E-state index contributed by atoms with van der Waals surface area (Å²) in [6.07, 6.45) is 1.13. The maximum atomic E-state index is 15.3. The average molecular weight is 1910 g/mol. The normalized spacial score (nSPS) is 21.5. The summed E-state index contributed by atoms with van der Waals surface area (Å²) in [5.41, 5.74) is 25.9. The first-order valence-electron chi connectivity index (χ1n) is 44.8. The summed E-state index contributed by atoms with van der Waals surface area (Å²) in [6, 6.07) is -1.43. The van der Waals surface area contributed by atoms with Gasteiger partial charge < -0.3 is 126 Å². The second kappa shape index (κ2) is 55.7. The van der Waals surface area contributed by atoms with E-state index in [1.807, 2.05) is 20.8 Å². The number of imidazole rings is 1. The molecule has 43 nitrogen and oxygen atoms in total. The Hall–Kier alpha value is -11.9. The number of hydrogen-bond acceptors (Lipinski definition) is 26. The zero-order valence-electron chi connectivity index (χ0n) is 77.5. The number of hydrogen-bond donors (Lipinski definition) is 22. The number of para-hydroxylation sites is 2. The van der Waals surface area contributed by atoms with Gasteiger partial charge in [-0.05, 0) is 121 Å². The van der Waals surface area contributed by atoms with Crippen LogP contribution in [0.15, 0.2) is 73.4 Å². The Morgan fingerprint density at radius 2 is 1.31 bits per heavy atom. The molecule has 15 atom stereocenters. The number of benzene rings is 2. The molecule has 738 valence electrons. The zero-order valence-corrected chi connectivity index (χ0v) is 79.1. The first-order valence-corrected chi connectivity index (χ1v) is 47.3. The van der Waals surface area contributed by atoms with Crippen molar-refractivity contribution in [2.75, 3.05) is 64.1 Å². The van der Waals surface area contributed by atoms with Gasteiger partial charge >= 0.3 is 5.97 Å². The Morgan fingerprint density at radius 3 is 1.97 bits per heavy atom. The number of aromatic amines is 2. The lowest BCUT2D eigenvalue weighted by atomic mass is 9.87. The number of aromatic nitrogens is 4. The largest absolute Gasteiger partial charge is 0.481 e. The summed E-state index contributed by atoms with van der Waals surface area (Å²) >= 11 is 0. The maximum absolute atomic E-state index is 15.3. The zero-order chi connectivity index (χ0) is 99.1. The van der Waals surface area contributed by atoms with Crippen molar-refractivity contribution in [2.24, 2.45) is 59.6 Å². The van der Waals surface area contributed by atoms with E-state index in [0.717, 1.165) is 28.0 Å². The van der Waals surface area contributed by atoms with Gasteiger partial charge in [0.05, 0.1) is 75.3 Å². The van der Waals surface area contributed by atoms with Crippen molar-refractivity contribution < 1.29 is 101 Å². The highest BCUT2D eigenvalue weighted by Crippen LogP contribution is 2.29. The summed E-state index contributed by atoms with van der Waals surface area (Å²) in [4.78, 5) is 252. The SMILES string of the molecule is CC[C@H](C)[C@H](N)C(=O)N[C@H]1CSSC[C@@H](C(=O)N[C@H](C(=O)NCCOCCOCC(=O)N[C@@H](CCCCNC(C)(C)C)C(N)=O)[C@@H](C)O)NC(=O)[C@H](CCCNC(=N)N)NC(=O)[C@H](Cc2cnc[nH]2)CC(=O)[C@H](C)NC(=O)CNC(=O)[C@H](Cc2c[nH]c3ccccc23)CC(=O)[C@H](CC(=O)O)NC(=O)[C@H](CCC(N)=O)NC(=O)[C@H](Cc2cn(C)c3ccccc23)NC(=O)[C@H](C(C)C)CC1=O. The predicted molar refractivity (Wildman–Crippen MR) is 500 cm³/mol. The van der Waals surface area contributed by atoms with Crippen LogP contribution in [0.4, 0.5) is 0 Å². The van der Waals surface area contributed by atoms with Crippen molar-refractivity contribution in [3.05, 3.63) is 90.3 Å². The van der Waals surface area contributed by atoms with E-state index in [1.165, 1.54) is 26.4 Å². The topological polar surface area (TPSA) is 683 Å². The number of nitrogens with one attached hydrogen (secondary N) is 16. The number of carboxylic acid groups (broad SMARTS) is 1. The van der Waals surface area contributed by atoms with Gasteiger partial charge in [0.2, 0.25) is 76.8 Å². The molecule has 6 rings (SSSR count). The van der Waals surface area contributed by atoms with Gasteiger partial charge in [0.25, 0.3) is 0 Å². The van der Waals surface area contributed by atoms with Crippen LogP contribution in [0.1, 0.15) is 156 Å². The lowest BCUT2D eigenvalue weighted by Crippen LogP contribution is -2.60. The van der Waals surface area contributed by atoms with Crippen LogP contribution in [0, 0.1) is 35.0 Å². The molecule has 0 bridgehead atoms. The molecule has 1 saturated heterocycles. The lowest BCUT2D eigenvalue weighted by molar-refractivity contribution is -0.141. The third-order valence-corrected chi connectivity index (χ3v) is 25.0. The van der Waals surface area contributed by atoms with Crippen molar-refractivity contribution in [2.45, 2.75) is 231 Å². The Bertz CT molecular complexity index is 4850. The summed E-state index contributed by atoms with van der Waals surface area (Å²) in [7, 11) is 3.50. The number of amides is 13. The highest BCUT2D eigenvalue weighted by atomic mass is 33.1. The molecule has 3 aromatic heterocycles. The number of carbonyl (C=O) groups excluding carboxylic acids is 16. The molecule has 1 aliphatic heterocycles. The summed E-state index contributed by atoms with van der Waals surface area (Å²) in [5, 5.41) is 65.1. The molecule has 45 heteroatoms. The van der Waals surface area contributed by atoms with Crippen LogP contribution in [0.25, 0.3) is 21.8 Å². The minimum atomic E-state index is -1.94. The van der Waals surface area contributed by atoms with E-state index in [0.29, 0.717) is 64.4 Å². The molecular formula is C89H134N22O21S2. The fraction of sp³-hybridized carbons (Fsp3) is 0.584. The number of carboxylic acids is 1. The number of aliphatic hydroxyl groups is 1. The summed E-state index contributed by atoms with van der Waals surface area (Å²) in [6.45, 7) is 14.2. The molecule has 134 heavy (non-hydrogen) atoms. The molecular weight excluding hydrogens is 1780 g/mol. The first kappa shape index (κ1) is 111. The van der Waals surface area contributed by atoms with Crippen molar-refractivity contribution in [1.82, 2.24) is 88.6 Å². The summed E-state index contributed by atoms with van der Waals surface area (Å²) < 4.78 is 12.8. The molecule has 0 spiro atoms. The van der Waals surface area contributed by atoms with Gasteiger partial charge in [0.15, 0.2) is 23.3 Å². The van der Waals surface area contributed by atoms with Gasteiger partial charge in [-0.3, -0.25) is 86.9 Å². The Labute approximate surface area is 785 Å². The fourth-order valence-electron chi connectivity index (χ4n) is 14.7. The Kier molecular flexibility index (Phi) is 46.1.